The summed E-state index contributed by atoms with van der Waals surface area (Å²) in [7, 11) is 0. The first kappa shape index (κ1) is 55.6. The second-order valence-electron chi connectivity index (χ2n) is 17.4. The Kier molecular flexibility index (Phi) is 37.2. The third kappa shape index (κ3) is 29.5. The monoisotopic (exact) mass is 840 g/mol. The Labute approximate surface area is 361 Å². The fourth-order valence-corrected chi connectivity index (χ4v) is 7.80. The van der Waals surface area contributed by atoms with Crippen LogP contribution in [0.4, 0.5) is 0 Å². The van der Waals surface area contributed by atoms with Gasteiger partial charge in [0.05, 0.1) is 25.4 Å². The molecule has 10 heteroatoms. The first-order chi connectivity index (χ1) is 28.8. The Morgan fingerprint density at radius 1 is 0.576 bits per heavy atom. The molecule has 0 saturated carbocycles. The van der Waals surface area contributed by atoms with Gasteiger partial charge < -0.3 is 45.4 Å². The summed E-state index contributed by atoms with van der Waals surface area (Å²) in [6, 6.07) is -0.980. The van der Waals surface area contributed by atoms with Crippen molar-refractivity contribution in [2.75, 3.05) is 13.2 Å². The van der Waals surface area contributed by atoms with Crippen LogP contribution in [0.3, 0.4) is 0 Å². The number of ether oxygens (including phenoxy) is 2. The van der Waals surface area contributed by atoms with Crippen molar-refractivity contribution in [3.05, 3.63) is 24.3 Å². The van der Waals surface area contributed by atoms with E-state index in [0.29, 0.717) is 12.8 Å². The highest BCUT2D eigenvalue weighted by Crippen LogP contribution is 2.23. The number of amides is 1. The Balaban J connectivity index is 2.36. The minimum absolute atomic E-state index is 0.304. The largest absolute Gasteiger partial charge is 0.394 e. The molecule has 8 atom stereocenters. The molecule has 1 saturated heterocycles. The summed E-state index contributed by atoms with van der Waals surface area (Å²) in [5.74, 6) is -0.620. The van der Waals surface area contributed by atoms with Gasteiger partial charge in [-0.1, -0.05) is 199 Å². The minimum atomic E-state index is -1.61. The van der Waals surface area contributed by atoms with E-state index in [0.717, 1.165) is 44.9 Å². The molecule has 1 aliphatic rings. The van der Waals surface area contributed by atoms with E-state index in [1.54, 1.807) is 6.08 Å². The number of hydrogen-bond acceptors (Lipinski definition) is 9. The van der Waals surface area contributed by atoms with Crippen LogP contribution in [-0.2, 0) is 14.3 Å². The van der Waals surface area contributed by atoms with Gasteiger partial charge in [-0.05, 0) is 44.9 Å². The van der Waals surface area contributed by atoms with Gasteiger partial charge in [0.15, 0.2) is 6.29 Å². The Morgan fingerprint density at radius 2 is 0.983 bits per heavy atom. The molecule has 1 amide bonds. The lowest BCUT2D eigenvalue weighted by molar-refractivity contribution is -0.302. The molecule has 348 valence electrons. The van der Waals surface area contributed by atoms with Crippen LogP contribution < -0.4 is 5.32 Å². The van der Waals surface area contributed by atoms with E-state index in [9.17, 15) is 35.4 Å². The van der Waals surface area contributed by atoms with Gasteiger partial charge in [-0.2, -0.15) is 0 Å². The predicted molar refractivity (Wildman–Crippen MR) is 241 cm³/mol. The van der Waals surface area contributed by atoms with Gasteiger partial charge in [-0.3, -0.25) is 4.79 Å². The Morgan fingerprint density at radius 3 is 1.42 bits per heavy atom. The highest BCUT2D eigenvalue weighted by atomic mass is 16.7. The van der Waals surface area contributed by atoms with Gasteiger partial charge in [0, 0.05) is 0 Å². The normalized spacial score (nSPS) is 21.4. The van der Waals surface area contributed by atoms with Crippen molar-refractivity contribution < 1.29 is 44.9 Å². The maximum absolute atomic E-state index is 13.1. The molecule has 0 radical (unpaired) electrons. The molecule has 0 aromatic rings. The summed E-state index contributed by atoms with van der Waals surface area (Å²) in [5, 5.41) is 64.7. The molecular weight excluding hydrogens is 747 g/mol. The molecule has 10 nitrogen and oxygen atoms in total. The van der Waals surface area contributed by atoms with Crippen molar-refractivity contribution >= 4 is 5.91 Å². The zero-order valence-corrected chi connectivity index (χ0v) is 37.9. The lowest BCUT2D eigenvalue weighted by Gasteiger charge is -2.40. The number of aliphatic hydroxyl groups is 6. The Bertz CT molecular complexity index is 995. The lowest BCUT2D eigenvalue weighted by Crippen LogP contribution is -2.60. The molecule has 1 fully saturated rings. The van der Waals surface area contributed by atoms with Crippen molar-refractivity contribution in [3.63, 3.8) is 0 Å². The van der Waals surface area contributed by atoms with Crippen molar-refractivity contribution in [1.29, 1.82) is 0 Å². The summed E-state index contributed by atoms with van der Waals surface area (Å²) in [5.41, 5.74) is 0. The SMILES string of the molecule is CCCCCCCCCCCC/C=C\CCCCCCCCC(O)C(=O)NC(COC1OC(CO)C(O)C(O)C1O)C(O)/C=C/CCCCCCCCCCCCCC. The van der Waals surface area contributed by atoms with E-state index in [4.69, 9.17) is 9.47 Å². The zero-order valence-electron chi connectivity index (χ0n) is 37.9. The van der Waals surface area contributed by atoms with Crippen LogP contribution in [-0.4, -0.2) is 98.7 Å². The van der Waals surface area contributed by atoms with Gasteiger partial charge in [0.1, 0.15) is 30.5 Å². The fraction of sp³-hybridized carbons (Fsp3) is 0.898. The van der Waals surface area contributed by atoms with E-state index in [-0.39, 0.29) is 6.61 Å². The van der Waals surface area contributed by atoms with Crippen molar-refractivity contribution in [2.24, 2.45) is 0 Å². The standard InChI is InChI=1S/C49H93NO9/c1-3-5-7-9-11-13-15-17-19-20-21-22-23-24-26-28-30-32-34-36-38-43(53)48(57)50-41(40-58-49-47(56)46(55)45(54)44(39-51)59-49)42(52)37-35-33-31-29-27-25-18-16-14-12-10-8-6-4-2/h22-23,35,37,41-47,49,51-56H,3-21,24-34,36,38-40H2,1-2H3,(H,50,57)/b23-22-,37-35+. The molecule has 8 unspecified atom stereocenters. The highest BCUT2D eigenvalue weighted by Gasteiger charge is 2.44. The number of carbonyl (C=O) groups excluding carboxylic acids is 1. The maximum atomic E-state index is 13.1. The second-order valence-corrected chi connectivity index (χ2v) is 17.4. The molecule has 0 spiro atoms. The number of aliphatic hydroxyl groups excluding tert-OH is 6. The van der Waals surface area contributed by atoms with Gasteiger partial charge in [0.2, 0.25) is 5.91 Å². The van der Waals surface area contributed by atoms with Crippen LogP contribution in [0.5, 0.6) is 0 Å². The quantitative estimate of drug-likeness (QED) is 0.0234. The fourth-order valence-electron chi connectivity index (χ4n) is 7.80. The molecular formula is C49H93NO9. The first-order valence-corrected chi connectivity index (χ1v) is 24.7. The van der Waals surface area contributed by atoms with Gasteiger partial charge in [-0.25, -0.2) is 0 Å². The van der Waals surface area contributed by atoms with Crippen LogP contribution >= 0.6 is 0 Å². The number of hydrogen-bond donors (Lipinski definition) is 7. The second kappa shape index (κ2) is 39.5. The van der Waals surface area contributed by atoms with E-state index in [1.165, 1.54) is 148 Å². The molecule has 1 aliphatic heterocycles. The molecule has 0 bridgehead atoms. The summed E-state index contributed by atoms with van der Waals surface area (Å²) >= 11 is 0. The predicted octanol–water partition coefficient (Wildman–Crippen LogP) is 9.64. The van der Waals surface area contributed by atoms with Crippen LogP contribution in [0.2, 0.25) is 0 Å². The number of allylic oxidation sites excluding steroid dienone is 3. The molecule has 0 aromatic heterocycles. The average Bonchev–Trinajstić information content (AvgIpc) is 3.23. The number of carbonyl (C=O) groups is 1. The van der Waals surface area contributed by atoms with Crippen LogP contribution in [0.1, 0.15) is 219 Å². The number of rotatable bonds is 41. The minimum Gasteiger partial charge on any atom is -0.394 e. The van der Waals surface area contributed by atoms with Crippen molar-refractivity contribution in [3.8, 4) is 0 Å². The molecule has 0 aromatic carbocycles. The molecule has 1 rings (SSSR count). The van der Waals surface area contributed by atoms with Crippen LogP contribution in [0, 0.1) is 0 Å². The van der Waals surface area contributed by atoms with E-state index in [2.05, 4.69) is 31.3 Å². The molecule has 1 heterocycles. The van der Waals surface area contributed by atoms with E-state index >= 15 is 0 Å². The highest BCUT2D eigenvalue weighted by molar-refractivity contribution is 5.80. The topological polar surface area (TPSA) is 169 Å². The van der Waals surface area contributed by atoms with Gasteiger partial charge in [0.25, 0.3) is 0 Å². The average molecular weight is 840 g/mol. The summed E-state index contributed by atoms with van der Waals surface area (Å²) in [6.07, 6.45) is 36.9. The summed E-state index contributed by atoms with van der Waals surface area (Å²) in [4.78, 5) is 13.1. The van der Waals surface area contributed by atoms with E-state index < -0.39 is 61.5 Å². The Hall–Kier alpha value is -1.37. The number of unbranched alkanes of at least 4 members (excludes halogenated alkanes) is 28. The third-order valence-corrected chi connectivity index (χ3v) is 11.9. The zero-order chi connectivity index (χ0) is 43.2. The third-order valence-electron chi connectivity index (χ3n) is 11.9. The molecule has 7 N–H and O–H groups in total. The molecule has 59 heavy (non-hydrogen) atoms. The van der Waals surface area contributed by atoms with Crippen LogP contribution in [0.15, 0.2) is 24.3 Å². The van der Waals surface area contributed by atoms with E-state index in [1.807, 2.05) is 6.08 Å². The number of nitrogens with one attached hydrogen (secondary N) is 1. The summed E-state index contributed by atoms with van der Waals surface area (Å²) < 4.78 is 11.1. The summed E-state index contributed by atoms with van der Waals surface area (Å²) in [6.45, 7) is 3.61. The first-order valence-electron chi connectivity index (χ1n) is 24.7. The van der Waals surface area contributed by atoms with Gasteiger partial charge >= 0.3 is 0 Å². The maximum Gasteiger partial charge on any atom is 0.249 e. The van der Waals surface area contributed by atoms with Crippen LogP contribution in [0.25, 0.3) is 0 Å². The van der Waals surface area contributed by atoms with Gasteiger partial charge in [-0.15, -0.1) is 0 Å². The molecule has 0 aliphatic carbocycles. The smallest absolute Gasteiger partial charge is 0.249 e. The lowest BCUT2D eigenvalue weighted by atomic mass is 9.99. The van der Waals surface area contributed by atoms with Crippen molar-refractivity contribution in [2.45, 2.75) is 268 Å². The van der Waals surface area contributed by atoms with Crippen molar-refractivity contribution in [1.82, 2.24) is 5.32 Å².